The van der Waals surface area contributed by atoms with Crippen molar-refractivity contribution < 1.29 is 9.59 Å². The van der Waals surface area contributed by atoms with E-state index in [0.717, 1.165) is 38.8 Å². The molecule has 18 heavy (non-hydrogen) atoms. The van der Waals surface area contributed by atoms with Gasteiger partial charge in [-0.05, 0) is 38.6 Å². The normalized spacial score (nSPS) is 28.6. The number of rotatable bonds is 4. The molecule has 3 N–H and O–H groups in total. The summed E-state index contributed by atoms with van der Waals surface area (Å²) in [6.45, 7) is 1.80. The molecule has 2 aliphatic rings. The SMILES string of the molecule is O=C(CCC1CCCCN1)NC1CCCNC1=O. The molecular weight excluding hydrogens is 230 g/mol. The van der Waals surface area contributed by atoms with E-state index in [1.807, 2.05) is 0 Å². The third-order valence-electron chi connectivity index (χ3n) is 3.75. The van der Waals surface area contributed by atoms with Gasteiger partial charge in [0.15, 0.2) is 0 Å². The third-order valence-corrected chi connectivity index (χ3v) is 3.75. The molecule has 0 saturated carbocycles. The molecule has 5 nitrogen and oxygen atoms in total. The average Bonchev–Trinajstić information content (AvgIpc) is 2.40. The van der Waals surface area contributed by atoms with Crippen LogP contribution < -0.4 is 16.0 Å². The van der Waals surface area contributed by atoms with Gasteiger partial charge in [0.05, 0.1) is 0 Å². The van der Waals surface area contributed by atoms with E-state index in [9.17, 15) is 9.59 Å². The van der Waals surface area contributed by atoms with Crippen LogP contribution in [0.25, 0.3) is 0 Å². The third kappa shape index (κ3) is 3.98. The highest BCUT2D eigenvalue weighted by molar-refractivity contribution is 5.88. The largest absolute Gasteiger partial charge is 0.354 e. The number of amides is 2. The van der Waals surface area contributed by atoms with Crippen molar-refractivity contribution in [3.05, 3.63) is 0 Å². The molecule has 0 radical (unpaired) electrons. The minimum absolute atomic E-state index is 0.00410. The van der Waals surface area contributed by atoms with Crippen molar-refractivity contribution in [2.45, 2.75) is 57.0 Å². The van der Waals surface area contributed by atoms with E-state index in [1.165, 1.54) is 12.8 Å². The monoisotopic (exact) mass is 253 g/mol. The molecule has 0 aromatic carbocycles. The van der Waals surface area contributed by atoms with Gasteiger partial charge in [-0.3, -0.25) is 9.59 Å². The Morgan fingerprint density at radius 3 is 2.83 bits per heavy atom. The van der Waals surface area contributed by atoms with Gasteiger partial charge in [0.1, 0.15) is 6.04 Å². The zero-order valence-electron chi connectivity index (χ0n) is 10.8. The van der Waals surface area contributed by atoms with Crippen molar-refractivity contribution in [3.8, 4) is 0 Å². The van der Waals surface area contributed by atoms with Crippen molar-refractivity contribution in [2.75, 3.05) is 13.1 Å². The van der Waals surface area contributed by atoms with E-state index in [-0.39, 0.29) is 17.9 Å². The Hall–Kier alpha value is -1.10. The van der Waals surface area contributed by atoms with Gasteiger partial charge < -0.3 is 16.0 Å². The Bertz CT molecular complexity index is 301. The summed E-state index contributed by atoms with van der Waals surface area (Å²) in [4.78, 5) is 23.3. The molecule has 5 heteroatoms. The van der Waals surface area contributed by atoms with E-state index in [4.69, 9.17) is 0 Å². The van der Waals surface area contributed by atoms with E-state index >= 15 is 0 Å². The zero-order chi connectivity index (χ0) is 12.8. The molecule has 2 atom stereocenters. The molecule has 2 amide bonds. The van der Waals surface area contributed by atoms with E-state index in [2.05, 4.69) is 16.0 Å². The number of nitrogens with one attached hydrogen (secondary N) is 3. The summed E-state index contributed by atoms with van der Waals surface area (Å²) in [6.07, 6.45) is 6.76. The lowest BCUT2D eigenvalue weighted by Gasteiger charge is -2.25. The highest BCUT2D eigenvalue weighted by atomic mass is 16.2. The smallest absolute Gasteiger partial charge is 0.242 e. The molecule has 2 fully saturated rings. The second kappa shape index (κ2) is 6.73. The molecule has 0 aliphatic carbocycles. The first-order valence-electron chi connectivity index (χ1n) is 7.06. The van der Waals surface area contributed by atoms with Crippen molar-refractivity contribution in [1.29, 1.82) is 0 Å². The summed E-state index contributed by atoms with van der Waals surface area (Å²) in [5, 5.41) is 9.03. The number of hydrogen-bond acceptors (Lipinski definition) is 3. The van der Waals surface area contributed by atoms with Crippen LogP contribution in [-0.4, -0.2) is 37.0 Å². The summed E-state index contributed by atoms with van der Waals surface area (Å²) >= 11 is 0. The minimum Gasteiger partial charge on any atom is -0.354 e. The van der Waals surface area contributed by atoms with Gasteiger partial charge in [-0.2, -0.15) is 0 Å². The lowest BCUT2D eigenvalue weighted by atomic mass is 10.00. The van der Waals surface area contributed by atoms with Crippen LogP contribution in [0.5, 0.6) is 0 Å². The molecule has 2 heterocycles. The Labute approximate surface area is 108 Å². The molecule has 2 aliphatic heterocycles. The van der Waals surface area contributed by atoms with Crippen LogP contribution in [0, 0.1) is 0 Å². The standard InChI is InChI=1S/C13H23N3O2/c17-12(7-6-10-4-1-2-8-14-10)16-11-5-3-9-15-13(11)18/h10-11,14H,1-9H2,(H,15,18)(H,16,17). The Balaban J connectivity index is 1.66. The maximum absolute atomic E-state index is 11.8. The molecule has 0 aromatic heterocycles. The first-order chi connectivity index (χ1) is 8.75. The van der Waals surface area contributed by atoms with E-state index < -0.39 is 0 Å². The second-order valence-corrected chi connectivity index (χ2v) is 5.24. The van der Waals surface area contributed by atoms with Crippen LogP contribution in [0.4, 0.5) is 0 Å². The Morgan fingerprint density at radius 1 is 1.22 bits per heavy atom. The van der Waals surface area contributed by atoms with Crippen LogP contribution in [0.3, 0.4) is 0 Å². The quantitative estimate of drug-likeness (QED) is 0.675. The fraction of sp³-hybridized carbons (Fsp3) is 0.846. The van der Waals surface area contributed by atoms with Crippen molar-refractivity contribution >= 4 is 11.8 Å². The van der Waals surface area contributed by atoms with Gasteiger partial charge in [0.2, 0.25) is 11.8 Å². The molecule has 102 valence electrons. The zero-order valence-corrected chi connectivity index (χ0v) is 10.8. The molecule has 2 saturated heterocycles. The summed E-state index contributed by atoms with van der Waals surface area (Å²) < 4.78 is 0. The predicted molar refractivity (Wildman–Crippen MR) is 69.1 cm³/mol. The minimum atomic E-state index is -0.314. The molecule has 2 unspecified atom stereocenters. The average molecular weight is 253 g/mol. The second-order valence-electron chi connectivity index (χ2n) is 5.24. The maximum atomic E-state index is 11.8. The van der Waals surface area contributed by atoms with E-state index in [0.29, 0.717) is 12.5 Å². The summed E-state index contributed by atoms with van der Waals surface area (Å²) in [5.74, 6) is -0.0326. The lowest BCUT2D eigenvalue weighted by Crippen LogP contribution is -2.50. The van der Waals surface area contributed by atoms with Gasteiger partial charge in [-0.15, -0.1) is 0 Å². The van der Waals surface area contributed by atoms with Crippen LogP contribution >= 0.6 is 0 Å². The summed E-state index contributed by atoms with van der Waals surface area (Å²) in [7, 11) is 0. The van der Waals surface area contributed by atoms with Gasteiger partial charge in [-0.1, -0.05) is 6.42 Å². The lowest BCUT2D eigenvalue weighted by molar-refractivity contribution is -0.130. The van der Waals surface area contributed by atoms with Gasteiger partial charge in [0.25, 0.3) is 0 Å². The van der Waals surface area contributed by atoms with Crippen molar-refractivity contribution in [1.82, 2.24) is 16.0 Å². The topological polar surface area (TPSA) is 70.2 Å². The van der Waals surface area contributed by atoms with Crippen molar-refractivity contribution in [3.63, 3.8) is 0 Å². The predicted octanol–water partition coefficient (Wildman–Crippen LogP) is 0.304. The van der Waals surface area contributed by atoms with Gasteiger partial charge >= 0.3 is 0 Å². The summed E-state index contributed by atoms with van der Waals surface area (Å²) in [6, 6.07) is 0.162. The van der Waals surface area contributed by atoms with Crippen LogP contribution in [0.15, 0.2) is 0 Å². The first-order valence-corrected chi connectivity index (χ1v) is 7.06. The van der Waals surface area contributed by atoms with Crippen LogP contribution in [0.1, 0.15) is 44.9 Å². The highest BCUT2D eigenvalue weighted by Gasteiger charge is 2.23. The Morgan fingerprint density at radius 2 is 2.11 bits per heavy atom. The number of carbonyl (C=O) groups excluding carboxylic acids is 2. The number of hydrogen-bond donors (Lipinski definition) is 3. The van der Waals surface area contributed by atoms with Gasteiger partial charge in [0, 0.05) is 19.0 Å². The fourth-order valence-electron chi connectivity index (χ4n) is 2.65. The number of carbonyl (C=O) groups is 2. The fourth-order valence-corrected chi connectivity index (χ4v) is 2.65. The molecule has 0 spiro atoms. The highest BCUT2D eigenvalue weighted by Crippen LogP contribution is 2.12. The molecular formula is C13H23N3O2. The van der Waals surface area contributed by atoms with Crippen molar-refractivity contribution in [2.24, 2.45) is 0 Å². The van der Waals surface area contributed by atoms with E-state index in [1.54, 1.807) is 0 Å². The number of piperidine rings is 2. The maximum Gasteiger partial charge on any atom is 0.242 e. The van der Waals surface area contributed by atoms with Crippen LogP contribution in [-0.2, 0) is 9.59 Å². The Kier molecular flexibility index (Phi) is 4.99. The molecule has 2 rings (SSSR count). The first kappa shape index (κ1) is 13.3. The van der Waals surface area contributed by atoms with Crippen LogP contribution in [0.2, 0.25) is 0 Å². The summed E-state index contributed by atoms with van der Waals surface area (Å²) in [5.41, 5.74) is 0. The molecule has 0 bridgehead atoms. The van der Waals surface area contributed by atoms with Gasteiger partial charge in [-0.25, -0.2) is 0 Å². The molecule has 0 aromatic rings.